The van der Waals surface area contributed by atoms with Crippen LogP contribution in [0, 0.1) is 5.41 Å². The second-order valence-corrected chi connectivity index (χ2v) is 17.6. The van der Waals surface area contributed by atoms with Gasteiger partial charge in [0.2, 0.25) is 0 Å². The molecular weight excluding hydrogens is 663 g/mol. The summed E-state index contributed by atoms with van der Waals surface area (Å²) in [6.45, 7) is 6.44. The Morgan fingerprint density at radius 2 is 1.72 bits per heavy atom. The summed E-state index contributed by atoms with van der Waals surface area (Å²) in [6.07, 6.45) is 6.41. The van der Waals surface area contributed by atoms with Crippen molar-refractivity contribution in [3.8, 4) is 11.1 Å². The van der Waals surface area contributed by atoms with E-state index in [0.717, 1.165) is 28.7 Å². The van der Waals surface area contributed by atoms with Crippen molar-refractivity contribution < 1.29 is 23.4 Å². The van der Waals surface area contributed by atoms with Crippen molar-refractivity contribution >= 4 is 27.1 Å². The molecule has 2 bridgehead atoms. The molecule has 4 atom stereocenters. The minimum absolute atomic E-state index is 0.0127. The first kappa shape index (κ1) is 36.4. The van der Waals surface area contributed by atoms with E-state index >= 15 is 0 Å². The van der Waals surface area contributed by atoms with Crippen molar-refractivity contribution in [3.63, 3.8) is 0 Å². The van der Waals surface area contributed by atoms with E-state index in [-0.39, 0.29) is 22.5 Å². The molecule has 264 valence electrons. The monoisotopic (exact) mass is 711 g/mol. The number of sulfonamides is 1. The topological polar surface area (TPSA) is 94.9 Å². The summed E-state index contributed by atoms with van der Waals surface area (Å²) in [5, 5.41) is 25.7. The first-order chi connectivity index (χ1) is 24.0. The van der Waals surface area contributed by atoms with Gasteiger partial charge in [-0.3, -0.25) is 4.79 Å². The Labute approximate surface area is 301 Å². The van der Waals surface area contributed by atoms with Crippen LogP contribution in [0.3, 0.4) is 0 Å². The van der Waals surface area contributed by atoms with E-state index in [1.807, 2.05) is 79.7 Å². The molecule has 3 aliphatic carbocycles. The van der Waals surface area contributed by atoms with E-state index in [2.05, 4.69) is 19.9 Å². The Bertz CT molecular complexity index is 1940. The van der Waals surface area contributed by atoms with Gasteiger partial charge >= 0.3 is 0 Å². The molecule has 8 heteroatoms. The minimum Gasteiger partial charge on any atom is -0.393 e. The van der Waals surface area contributed by atoms with E-state index in [0.29, 0.717) is 62.6 Å². The third-order valence-electron chi connectivity index (χ3n) is 11.2. The van der Waals surface area contributed by atoms with Gasteiger partial charge in [0.25, 0.3) is 10.0 Å². The van der Waals surface area contributed by atoms with Gasteiger partial charge in [0, 0.05) is 29.6 Å². The lowest BCUT2D eigenvalue weighted by Gasteiger charge is -2.46. The second-order valence-electron chi connectivity index (χ2n) is 14.5. The van der Waals surface area contributed by atoms with Crippen molar-refractivity contribution in [2.75, 3.05) is 13.1 Å². The van der Waals surface area contributed by atoms with Crippen LogP contribution in [0.4, 0.5) is 0 Å². The minimum atomic E-state index is -3.81. The van der Waals surface area contributed by atoms with Gasteiger partial charge < -0.3 is 10.2 Å². The zero-order chi connectivity index (χ0) is 35.5. The first-order valence-electron chi connectivity index (χ1n) is 17.9. The Morgan fingerprint density at radius 3 is 2.46 bits per heavy atom. The van der Waals surface area contributed by atoms with Gasteiger partial charge in [-0.05, 0) is 104 Å². The molecule has 4 unspecified atom stereocenters. The van der Waals surface area contributed by atoms with Gasteiger partial charge in [-0.25, -0.2) is 8.42 Å². The van der Waals surface area contributed by atoms with Crippen molar-refractivity contribution in [2.24, 2.45) is 5.41 Å². The number of rotatable bonds is 9. The van der Waals surface area contributed by atoms with E-state index < -0.39 is 27.1 Å². The Hall–Kier alpha value is -3.40. The van der Waals surface area contributed by atoms with Crippen LogP contribution in [0.25, 0.3) is 11.1 Å². The number of aliphatic hydroxyl groups excluding tert-OH is 1. The summed E-state index contributed by atoms with van der Waals surface area (Å²) >= 11 is 1.20. The predicted molar refractivity (Wildman–Crippen MR) is 202 cm³/mol. The molecule has 1 aromatic heterocycles. The largest absolute Gasteiger partial charge is 0.393 e. The van der Waals surface area contributed by atoms with Gasteiger partial charge in [-0.15, -0.1) is 11.3 Å². The predicted octanol–water partition coefficient (Wildman–Crippen LogP) is 8.79. The molecule has 3 aliphatic rings. The van der Waals surface area contributed by atoms with Gasteiger partial charge in [0.1, 0.15) is 4.21 Å². The summed E-state index contributed by atoms with van der Waals surface area (Å²) in [5.41, 5.74) is 3.86. The molecular formula is C42H49NO5S2. The highest BCUT2D eigenvalue weighted by Crippen LogP contribution is 2.59. The average Bonchev–Trinajstić information content (AvgIpc) is 3.75. The Kier molecular flexibility index (Phi) is 11.0. The molecule has 6 nitrogen and oxygen atoms in total. The molecule has 50 heavy (non-hydrogen) atoms. The number of thiophene rings is 1. The normalized spacial score (nSPS) is 24.5. The number of benzene rings is 3. The summed E-state index contributed by atoms with van der Waals surface area (Å²) < 4.78 is 29.6. The van der Waals surface area contributed by atoms with Gasteiger partial charge in [0.15, 0.2) is 5.78 Å². The lowest BCUT2D eigenvalue weighted by atomic mass is 9.64. The van der Waals surface area contributed by atoms with Crippen LogP contribution in [0.1, 0.15) is 98.7 Å². The van der Waals surface area contributed by atoms with Crippen molar-refractivity contribution in [1.29, 1.82) is 0 Å². The number of carbonyl (C=O) groups excluding carboxylic acids is 1. The highest BCUT2D eigenvalue weighted by Gasteiger charge is 2.58. The van der Waals surface area contributed by atoms with Crippen LogP contribution in [0.5, 0.6) is 0 Å². The Balaban J connectivity index is 1.48. The molecule has 1 fully saturated rings. The maximum Gasteiger partial charge on any atom is 0.252 e. The van der Waals surface area contributed by atoms with E-state index in [9.17, 15) is 23.4 Å². The van der Waals surface area contributed by atoms with E-state index in [4.69, 9.17) is 0 Å². The summed E-state index contributed by atoms with van der Waals surface area (Å²) in [5.74, 6) is -0.303. The van der Waals surface area contributed by atoms with Crippen LogP contribution in [0.15, 0.2) is 106 Å². The van der Waals surface area contributed by atoms with Crippen LogP contribution < -0.4 is 0 Å². The van der Waals surface area contributed by atoms with Gasteiger partial charge in [0.05, 0.1) is 11.7 Å². The van der Waals surface area contributed by atoms with Crippen LogP contribution in [-0.2, 0) is 16.4 Å². The maximum atomic E-state index is 14.9. The second kappa shape index (κ2) is 15.1. The smallest absolute Gasteiger partial charge is 0.252 e. The number of hydrogen-bond donors (Lipinski definition) is 2. The lowest BCUT2D eigenvalue weighted by molar-refractivity contribution is -0.0723. The zero-order valence-electron chi connectivity index (χ0n) is 29.3. The highest BCUT2D eigenvalue weighted by molar-refractivity contribution is 7.91. The van der Waals surface area contributed by atoms with E-state index in [1.165, 1.54) is 21.2 Å². The molecule has 0 spiro atoms. The maximum absolute atomic E-state index is 14.9. The lowest BCUT2D eigenvalue weighted by Crippen LogP contribution is -2.53. The standard InChI is InChI=1S/C42H49NO5S2/c1-4-25-43(50(47,48)39-17-11-26-49-39)29-42(46)24-22-38-35-21-19-31(27-33(44)20-18-30(2)12-10-23-41(38,42)3)28-37(35)40(45)36-16-9-8-15-34(36)32-13-6-5-7-14-32/h5-9,11-17,19,21,26,28,33,38,44,46H,4,10,18,20,22-25,27,29H2,1-3H3. The molecule has 0 aliphatic heterocycles. The van der Waals surface area contributed by atoms with Crippen molar-refractivity contribution in [1.82, 2.24) is 4.31 Å². The summed E-state index contributed by atoms with van der Waals surface area (Å²) in [6, 6.07) is 27.0. The average molecular weight is 712 g/mol. The molecule has 7 rings (SSSR count). The number of fused-ring (bicyclic) bond motifs is 8. The summed E-state index contributed by atoms with van der Waals surface area (Å²) in [7, 11) is -3.81. The molecule has 0 amide bonds. The quantitative estimate of drug-likeness (QED) is 0.134. The zero-order valence-corrected chi connectivity index (χ0v) is 31.0. The Morgan fingerprint density at radius 1 is 0.960 bits per heavy atom. The molecule has 2 N–H and O–H groups in total. The molecule has 0 radical (unpaired) electrons. The number of carbonyl (C=O) groups is 1. The third-order valence-corrected chi connectivity index (χ3v) is 14.4. The SMILES string of the molecule is CCCN(CC1(O)CCC2c3ccc(cc3C(=O)c3ccccc3-c3ccccc3)CC(O)CCC(C)=CCCC21C)S(=O)(=O)c1cccs1. The van der Waals surface area contributed by atoms with Crippen LogP contribution in [-0.4, -0.2) is 53.5 Å². The number of nitrogens with zero attached hydrogens (tertiary/aromatic N) is 1. The molecule has 1 heterocycles. The van der Waals surface area contributed by atoms with Crippen LogP contribution >= 0.6 is 11.3 Å². The first-order valence-corrected chi connectivity index (χ1v) is 20.2. The van der Waals surface area contributed by atoms with Crippen molar-refractivity contribution in [3.05, 3.63) is 124 Å². The third kappa shape index (κ3) is 7.19. The van der Waals surface area contributed by atoms with Gasteiger partial charge in [-0.1, -0.05) is 98.3 Å². The fourth-order valence-electron chi connectivity index (χ4n) is 8.26. The summed E-state index contributed by atoms with van der Waals surface area (Å²) in [4.78, 5) is 14.9. The fourth-order valence-corrected chi connectivity index (χ4v) is 11.0. The molecule has 1 saturated carbocycles. The number of allylic oxidation sites excluding steroid dienone is 2. The molecule has 3 aromatic carbocycles. The van der Waals surface area contributed by atoms with Gasteiger partial charge in [-0.2, -0.15) is 4.31 Å². The number of hydrogen-bond acceptors (Lipinski definition) is 6. The molecule has 4 aromatic rings. The van der Waals surface area contributed by atoms with Crippen LogP contribution in [0.2, 0.25) is 0 Å². The highest BCUT2D eigenvalue weighted by atomic mass is 32.2. The number of aliphatic hydroxyl groups is 2. The van der Waals surface area contributed by atoms with Crippen molar-refractivity contribution in [2.45, 2.75) is 94.0 Å². The molecule has 0 saturated heterocycles. The fraction of sp³-hybridized carbons (Fsp3) is 0.405. The number of ketones is 1. The van der Waals surface area contributed by atoms with E-state index in [1.54, 1.807) is 17.5 Å².